The molecule has 0 aliphatic carbocycles. The Morgan fingerprint density at radius 3 is 2.57 bits per heavy atom. The lowest BCUT2D eigenvalue weighted by Crippen LogP contribution is -2.48. The molecule has 1 N–H and O–H groups in total. The highest BCUT2D eigenvalue weighted by Gasteiger charge is 2.28. The molecular formula is C17H19NO3. The number of ether oxygens (including phenoxy) is 1. The Morgan fingerprint density at radius 1 is 1.19 bits per heavy atom. The Morgan fingerprint density at radius 2 is 1.90 bits per heavy atom. The van der Waals surface area contributed by atoms with Crippen LogP contribution in [0.2, 0.25) is 0 Å². The number of morpholine rings is 1. The lowest BCUT2D eigenvalue weighted by molar-refractivity contribution is -0.0276. The Balaban J connectivity index is 2.12. The van der Waals surface area contributed by atoms with Gasteiger partial charge in [0.15, 0.2) is 0 Å². The van der Waals surface area contributed by atoms with Gasteiger partial charge in [-0.05, 0) is 31.4 Å². The molecule has 21 heavy (non-hydrogen) atoms. The van der Waals surface area contributed by atoms with E-state index in [1.54, 1.807) is 6.07 Å². The van der Waals surface area contributed by atoms with E-state index in [4.69, 9.17) is 4.74 Å². The molecule has 0 saturated carbocycles. The predicted molar refractivity (Wildman–Crippen MR) is 83.2 cm³/mol. The van der Waals surface area contributed by atoms with Crippen molar-refractivity contribution in [3.05, 3.63) is 42.0 Å². The van der Waals surface area contributed by atoms with Crippen molar-refractivity contribution in [1.82, 2.24) is 0 Å². The van der Waals surface area contributed by atoms with Gasteiger partial charge in [0.1, 0.15) is 0 Å². The van der Waals surface area contributed by atoms with Crippen molar-refractivity contribution >= 4 is 22.4 Å². The molecule has 0 bridgehead atoms. The van der Waals surface area contributed by atoms with Crippen molar-refractivity contribution in [2.75, 3.05) is 24.6 Å². The zero-order valence-electron chi connectivity index (χ0n) is 12.3. The summed E-state index contributed by atoms with van der Waals surface area (Å²) in [5.41, 5.74) is 1.24. The fourth-order valence-electron chi connectivity index (χ4n) is 2.97. The molecule has 0 spiro atoms. The van der Waals surface area contributed by atoms with Crippen molar-refractivity contribution in [2.24, 2.45) is 0 Å². The summed E-state index contributed by atoms with van der Waals surface area (Å²) in [6.45, 7) is 6.45. The Hall–Kier alpha value is -2.07. The first kappa shape index (κ1) is 13.9. The molecule has 0 amide bonds. The fraction of sp³-hybridized carbons (Fsp3) is 0.353. The van der Waals surface area contributed by atoms with Crippen LogP contribution in [-0.2, 0) is 4.74 Å². The van der Waals surface area contributed by atoms with E-state index in [1.165, 1.54) is 0 Å². The Kier molecular flexibility index (Phi) is 3.33. The van der Waals surface area contributed by atoms with Gasteiger partial charge in [0, 0.05) is 24.2 Å². The number of hydrogen-bond donors (Lipinski definition) is 1. The summed E-state index contributed by atoms with van der Waals surface area (Å²) in [5.74, 6) is -0.889. The number of benzene rings is 2. The molecule has 1 heterocycles. The van der Waals surface area contributed by atoms with Crippen LogP contribution < -0.4 is 4.90 Å². The van der Waals surface area contributed by atoms with Gasteiger partial charge >= 0.3 is 5.97 Å². The third-order valence-corrected chi connectivity index (χ3v) is 3.90. The number of carboxylic acid groups (broad SMARTS) is 1. The monoisotopic (exact) mass is 285 g/mol. The minimum Gasteiger partial charge on any atom is -0.478 e. The van der Waals surface area contributed by atoms with Gasteiger partial charge in [-0.2, -0.15) is 0 Å². The maximum Gasteiger partial charge on any atom is 0.336 e. The van der Waals surface area contributed by atoms with Crippen LogP contribution in [0.5, 0.6) is 0 Å². The fourth-order valence-corrected chi connectivity index (χ4v) is 2.97. The van der Waals surface area contributed by atoms with Gasteiger partial charge in [0.05, 0.1) is 17.8 Å². The number of anilines is 1. The molecule has 2 aromatic rings. The summed E-state index contributed by atoms with van der Waals surface area (Å²) >= 11 is 0. The molecule has 110 valence electrons. The normalized spacial score (nSPS) is 17.9. The molecule has 0 unspecified atom stereocenters. The number of nitrogens with zero attached hydrogens (tertiary/aromatic N) is 1. The van der Waals surface area contributed by atoms with E-state index in [2.05, 4.69) is 18.7 Å². The largest absolute Gasteiger partial charge is 0.478 e. The maximum atomic E-state index is 11.4. The lowest BCUT2D eigenvalue weighted by Gasteiger charge is -2.40. The van der Waals surface area contributed by atoms with Gasteiger partial charge in [-0.25, -0.2) is 4.79 Å². The van der Waals surface area contributed by atoms with Gasteiger partial charge < -0.3 is 14.7 Å². The van der Waals surface area contributed by atoms with Crippen LogP contribution in [0.25, 0.3) is 10.8 Å². The number of fused-ring (bicyclic) bond motifs is 1. The first-order valence-corrected chi connectivity index (χ1v) is 7.12. The van der Waals surface area contributed by atoms with E-state index in [0.717, 1.165) is 29.5 Å². The van der Waals surface area contributed by atoms with Crippen LogP contribution >= 0.6 is 0 Å². The predicted octanol–water partition coefficient (Wildman–Crippen LogP) is 3.15. The number of aromatic carboxylic acids is 1. The smallest absolute Gasteiger partial charge is 0.336 e. The van der Waals surface area contributed by atoms with Crippen LogP contribution in [0, 0.1) is 0 Å². The summed E-state index contributed by atoms with van der Waals surface area (Å²) in [6, 6.07) is 11.3. The number of carbonyl (C=O) groups is 1. The summed E-state index contributed by atoms with van der Waals surface area (Å²) in [5, 5.41) is 11.1. The lowest BCUT2D eigenvalue weighted by atomic mass is 10.0. The zero-order valence-corrected chi connectivity index (χ0v) is 12.3. The van der Waals surface area contributed by atoms with Crippen LogP contribution in [0.15, 0.2) is 36.4 Å². The molecule has 4 nitrogen and oxygen atoms in total. The second-order valence-corrected chi connectivity index (χ2v) is 6.01. The van der Waals surface area contributed by atoms with Crippen molar-refractivity contribution < 1.29 is 14.6 Å². The third kappa shape index (κ3) is 2.59. The number of hydrogen-bond acceptors (Lipinski definition) is 3. The van der Waals surface area contributed by atoms with Crippen molar-refractivity contribution in [1.29, 1.82) is 0 Å². The van der Waals surface area contributed by atoms with Crippen molar-refractivity contribution in [3.63, 3.8) is 0 Å². The average molecular weight is 285 g/mol. The standard InChI is InChI=1S/C17H19NO3/c1-17(2)11-18(9-10-21-17)15-8-7-14(16(19)20)12-5-3-4-6-13(12)15/h3-8H,9-11H2,1-2H3,(H,19,20). The Labute approximate surface area is 123 Å². The van der Waals surface area contributed by atoms with Crippen molar-refractivity contribution in [2.45, 2.75) is 19.4 Å². The second kappa shape index (κ2) is 5.04. The highest BCUT2D eigenvalue weighted by molar-refractivity contribution is 6.07. The third-order valence-electron chi connectivity index (χ3n) is 3.90. The van der Waals surface area contributed by atoms with Crippen LogP contribution in [0.1, 0.15) is 24.2 Å². The quantitative estimate of drug-likeness (QED) is 0.921. The van der Waals surface area contributed by atoms with E-state index in [9.17, 15) is 9.90 Å². The van der Waals surface area contributed by atoms with E-state index in [-0.39, 0.29) is 5.60 Å². The minimum absolute atomic E-state index is 0.190. The summed E-state index contributed by atoms with van der Waals surface area (Å²) in [7, 11) is 0. The first-order chi connectivity index (χ1) is 9.98. The molecule has 1 saturated heterocycles. The molecule has 1 aliphatic heterocycles. The van der Waals surface area contributed by atoms with Gasteiger partial charge in [0.25, 0.3) is 0 Å². The molecule has 1 fully saturated rings. The minimum atomic E-state index is -0.889. The molecule has 3 rings (SSSR count). The highest BCUT2D eigenvalue weighted by atomic mass is 16.5. The van der Waals surface area contributed by atoms with Crippen LogP contribution in [-0.4, -0.2) is 36.4 Å². The number of carboxylic acids is 1. The van der Waals surface area contributed by atoms with E-state index in [1.807, 2.05) is 30.3 Å². The summed E-state index contributed by atoms with van der Waals surface area (Å²) in [4.78, 5) is 13.6. The SMILES string of the molecule is CC1(C)CN(c2ccc(C(=O)O)c3ccccc23)CCO1. The van der Waals surface area contributed by atoms with Crippen LogP contribution in [0.4, 0.5) is 5.69 Å². The molecule has 1 aliphatic rings. The number of rotatable bonds is 2. The molecule has 2 aromatic carbocycles. The topological polar surface area (TPSA) is 49.8 Å². The molecule has 0 aromatic heterocycles. The maximum absolute atomic E-state index is 11.4. The molecule has 0 radical (unpaired) electrons. The van der Waals surface area contributed by atoms with Gasteiger partial charge in [-0.3, -0.25) is 0 Å². The van der Waals surface area contributed by atoms with Gasteiger partial charge in [-0.15, -0.1) is 0 Å². The average Bonchev–Trinajstić information content (AvgIpc) is 2.44. The van der Waals surface area contributed by atoms with Gasteiger partial charge in [-0.1, -0.05) is 24.3 Å². The summed E-state index contributed by atoms with van der Waals surface area (Å²) in [6.07, 6.45) is 0. The molecule has 0 atom stereocenters. The Bertz CT molecular complexity index is 693. The van der Waals surface area contributed by atoms with E-state index < -0.39 is 5.97 Å². The highest BCUT2D eigenvalue weighted by Crippen LogP contribution is 2.32. The van der Waals surface area contributed by atoms with Crippen molar-refractivity contribution in [3.8, 4) is 0 Å². The van der Waals surface area contributed by atoms with E-state index >= 15 is 0 Å². The second-order valence-electron chi connectivity index (χ2n) is 6.01. The van der Waals surface area contributed by atoms with Crippen LogP contribution in [0.3, 0.4) is 0 Å². The molecule has 4 heteroatoms. The van der Waals surface area contributed by atoms with E-state index in [0.29, 0.717) is 12.2 Å². The molecular weight excluding hydrogens is 266 g/mol. The summed E-state index contributed by atoms with van der Waals surface area (Å²) < 4.78 is 5.76. The zero-order chi connectivity index (χ0) is 15.0. The van der Waals surface area contributed by atoms with Gasteiger partial charge in [0.2, 0.25) is 0 Å². The first-order valence-electron chi connectivity index (χ1n) is 7.12.